The molecule has 1 fully saturated rings. The van der Waals surface area contributed by atoms with Crippen LogP contribution in [0.3, 0.4) is 0 Å². The average Bonchev–Trinajstić information content (AvgIpc) is 2.91. The quantitative estimate of drug-likeness (QED) is 0.296. The number of carbonyl (C=O) groups is 2. The van der Waals surface area contributed by atoms with E-state index in [2.05, 4.69) is 16.1 Å². The summed E-state index contributed by atoms with van der Waals surface area (Å²) in [5.41, 5.74) is 3.65. The van der Waals surface area contributed by atoms with Crippen LogP contribution < -0.4 is 16.1 Å². The number of rotatable bonds is 4. The molecule has 0 bridgehead atoms. The van der Waals surface area contributed by atoms with E-state index in [1.165, 1.54) is 16.8 Å². The van der Waals surface area contributed by atoms with Gasteiger partial charge in [-0.1, -0.05) is 53.8 Å². The van der Waals surface area contributed by atoms with E-state index >= 15 is 0 Å². The maximum absolute atomic E-state index is 12.6. The minimum atomic E-state index is -0.955. The van der Waals surface area contributed by atoms with E-state index < -0.39 is 23.0 Å². The molecule has 1 atom stereocenters. The molecule has 0 aromatic heterocycles. The molecule has 4 N–H and O–H groups in total. The number of hydrogen-bond acceptors (Lipinski definition) is 5. The van der Waals surface area contributed by atoms with Gasteiger partial charge in [0.1, 0.15) is 0 Å². The SMILES string of the molecule is CC1(C)SC(=S)N(NC(=O)Nc2ccccc2)[C@@H]1N(O)C(=O)Nc1ccc(Cl)cc1. The summed E-state index contributed by atoms with van der Waals surface area (Å²) in [4.78, 5) is 25.1. The second-order valence-electron chi connectivity index (χ2n) is 6.93. The fourth-order valence-electron chi connectivity index (χ4n) is 2.86. The minimum absolute atomic E-state index is 0.312. The Morgan fingerprint density at radius 3 is 2.33 bits per heavy atom. The topological polar surface area (TPSA) is 96.9 Å². The molecule has 0 spiro atoms. The Morgan fingerprint density at radius 2 is 1.70 bits per heavy atom. The van der Waals surface area contributed by atoms with Crippen molar-refractivity contribution in [3.8, 4) is 0 Å². The second kappa shape index (κ2) is 9.09. The largest absolute Gasteiger partial charge is 0.347 e. The number of hydroxylamine groups is 2. The Bertz CT molecular complexity index is 943. The highest BCUT2D eigenvalue weighted by Crippen LogP contribution is 2.41. The summed E-state index contributed by atoms with van der Waals surface area (Å²) in [5, 5.41) is 18.3. The number of amides is 4. The third-order valence-corrected chi connectivity index (χ3v) is 6.01. The summed E-state index contributed by atoms with van der Waals surface area (Å²) < 4.78 is -0.394. The molecule has 1 aliphatic heterocycles. The molecular weight excluding hydrogens is 446 g/mol. The molecular formula is C19H20ClN5O3S2. The summed E-state index contributed by atoms with van der Waals surface area (Å²) in [6.45, 7) is 3.62. The number of hydrogen-bond donors (Lipinski definition) is 4. The third-order valence-electron chi connectivity index (χ3n) is 4.20. The van der Waals surface area contributed by atoms with Crippen LogP contribution in [0, 0.1) is 0 Å². The van der Waals surface area contributed by atoms with Crippen molar-refractivity contribution in [1.82, 2.24) is 15.5 Å². The Labute approximate surface area is 188 Å². The maximum atomic E-state index is 12.6. The number of thiocarbonyl (C=S) groups is 1. The first kappa shape index (κ1) is 22.2. The highest BCUT2D eigenvalue weighted by molar-refractivity contribution is 8.24. The van der Waals surface area contributed by atoms with Gasteiger partial charge in [-0.3, -0.25) is 5.21 Å². The van der Waals surface area contributed by atoms with Crippen molar-refractivity contribution in [3.63, 3.8) is 0 Å². The van der Waals surface area contributed by atoms with Crippen LogP contribution in [0.25, 0.3) is 0 Å². The van der Waals surface area contributed by atoms with Gasteiger partial charge in [0.2, 0.25) is 0 Å². The van der Waals surface area contributed by atoms with Crippen LogP contribution in [0.5, 0.6) is 0 Å². The molecule has 1 saturated heterocycles. The summed E-state index contributed by atoms with van der Waals surface area (Å²) in [5.74, 6) is 0. The summed E-state index contributed by atoms with van der Waals surface area (Å²) >= 11 is 12.5. The predicted octanol–water partition coefficient (Wildman–Crippen LogP) is 4.74. The van der Waals surface area contributed by atoms with Crippen LogP contribution in [0.15, 0.2) is 54.6 Å². The maximum Gasteiger partial charge on any atom is 0.347 e. The zero-order chi connectivity index (χ0) is 21.9. The molecule has 158 valence electrons. The summed E-state index contributed by atoms with van der Waals surface area (Å²) in [6.07, 6.45) is -0.955. The van der Waals surface area contributed by atoms with Crippen molar-refractivity contribution >= 4 is 63.3 Å². The normalized spacial score (nSPS) is 17.4. The highest BCUT2D eigenvalue weighted by Gasteiger charge is 2.50. The fourth-order valence-corrected chi connectivity index (χ4v) is 4.78. The monoisotopic (exact) mass is 465 g/mol. The molecule has 1 heterocycles. The minimum Gasteiger partial charge on any atom is -0.307 e. The van der Waals surface area contributed by atoms with Crippen molar-refractivity contribution in [2.45, 2.75) is 24.8 Å². The molecule has 30 heavy (non-hydrogen) atoms. The molecule has 4 amide bonds. The van der Waals surface area contributed by atoms with Gasteiger partial charge in [0, 0.05) is 16.4 Å². The average molecular weight is 466 g/mol. The number of nitrogens with zero attached hydrogens (tertiary/aromatic N) is 2. The van der Waals surface area contributed by atoms with Gasteiger partial charge in [0.05, 0.1) is 4.75 Å². The lowest BCUT2D eigenvalue weighted by molar-refractivity contribution is -0.120. The Kier molecular flexibility index (Phi) is 6.71. The van der Waals surface area contributed by atoms with Gasteiger partial charge in [-0.2, -0.15) is 5.06 Å². The van der Waals surface area contributed by atoms with E-state index in [1.807, 2.05) is 19.9 Å². The lowest BCUT2D eigenvalue weighted by atomic mass is 10.1. The Morgan fingerprint density at radius 1 is 1.10 bits per heavy atom. The lowest BCUT2D eigenvalue weighted by Crippen LogP contribution is -2.60. The van der Waals surface area contributed by atoms with Crippen molar-refractivity contribution in [3.05, 3.63) is 59.6 Å². The summed E-state index contributed by atoms with van der Waals surface area (Å²) in [6, 6.07) is 14.0. The molecule has 1 aliphatic rings. The van der Waals surface area contributed by atoms with Gasteiger partial charge in [-0.05, 0) is 50.2 Å². The number of carbonyl (C=O) groups excluding carboxylic acids is 2. The van der Waals surface area contributed by atoms with Gasteiger partial charge in [0.15, 0.2) is 10.5 Å². The van der Waals surface area contributed by atoms with Crippen LogP contribution in [-0.4, -0.2) is 42.6 Å². The molecule has 0 radical (unpaired) electrons. The zero-order valence-corrected chi connectivity index (χ0v) is 18.5. The van der Waals surface area contributed by atoms with Gasteiger partial charge < -0.3 is 10.6 Å². The van der Waals surface area contributed by atoms with Crippen molar-refractivity contribution < 1.29 is 14.8 Å². The van der Waals surface area contributed by atoms with Crippen LogP contribution in [0.2, 0.25) is 5.02 Å². The number of hydrazine groups is 1. The van der Waals surface area contributed by atoms with Crippen LogP contribution in [0.4, 0.5) is 21.0 Å². The van der Waals surface area contributed by atoms with E-state index in [-0.39, 0.29) is 0 Å². The smallest absolute Gasteiger partial charge is 0.307 e. The number of urea groups is 2. The highest BCUT2D eigenvalue weighted by atomic mass is 35.5. The Balaban J connectivity index is 1.73. The zero-order valence-electron chi connectivity index (χ0n) is 16.1. The van der Waals surface area contributed by atoms with E-state index in [4.69, 9.17) is 23.8 Å². The number of para-hydroxylation sites is 1. The molecule has 2 aromatic rings. The molecule has 3 rings (SSSR count). The molecule has 2 aromatic carbocycles. The van der Waals surface area contributed by atoms with Gasteiger partial charge in [-0.25, -0.2) is 20.0 Å². The lowest BCUT2D eigenvalue weighted by Gasteiger charge is -2.36. The van der Waals surface area contributed by atoms with Crippen LogP contribution >= 0.6 is 35.6 Å². The fraction of sp³-hybridized carbons (Fsp3) is 0.211. The van der Waals surface area contributed by atoms with Gasteiger partial charge in [-0.15, -0.1) is 0 Å². The standard InChI is InChI=1S/C19H20ClN5O3S2/c1-19(2)15(25(28)17(27)22-14-10-8-12(20)9-11-14)24(18(29)30-19)23-16(26)21-13-6-4-3-5-7-13/h3-11,15,28H,1-2H3,(H,22,27)(H2,21,23,26)/t15-/m1/s1. The van der Waals surface area contributed by atoms with Crippen molar-refractivity contribution in [2.75, 3.05) is 10.6 Å². The molecule has 0 unspecified atom stereocenters. The molecule has 11 heteroatoms. The number of anilines is 2. The first-order valence-corrected chi connectivity index (χ1v) is 10.5. The molecule has 0 saturated carbocycles. The molecule has 0 aliphatic carbocycles. The number of thioether (sulfide) groups is 1. The Hall–Kier alpha value is -2.53. The van der Waals surface area contributed by atoms with Crippen molar-refractivity contribution in [2.24, 2.45) is 0 Å². The number of halogens is 1. The van der Waals surface area contributed by atoms with E-state index in [0.717, 1.165) is 0 Å². The van der Waals surface area contributed by atoms with Crippen LogP contribution in [-0.2, 0) is 0 Å². The van der Waals surface area contributed by atoms with Crippen molar-refractivity contribution in [1.29, 1.82) is 0 Å². The van der Waals surface area contributed by atoms with E-state index in [1.54, 1.807) is 48.5 Å². The number of benzene rings is 2. The number of nitrogens with one attached hydrogen (secondary N) is 3. The predicted molar refractivity (Wildman–Crippen MR) is 123 cm³/mol. The van der Waals surface area contributed by atoms with E-state index in [9.17, 15) is 14.8 Å². The van der Waals surface area contributed by atoms with Crippen LogP contribution in [0.1, 0.15) is 13.8 Å². The summed E-state index contributed by atoms with van der Waals surface area (Å²) in [7, 11) is 0. The van der Waals surface area contributed by atoms with Gasteiger partial charge in [0.25, 0.3) is 0 Å². The van der Waals surface area contributed by atoms with E-state index in [0.29, 0.717) is 25.8 Å². The second-order valence-corrected chi connectivity index (χ2v) is 9.65. The third kappa shape index (κ3) is 5.14. The first-order valence-electron chi connectivity index (χ1n) is 8.87. The first-order chi connectivity index (χ1) is 14.2. The molecule has 8 nitrogen and oxygen atoms in total. The van der Waals surface area contributed by atoms with Gasteiger partial charge >= 0.3 is 12.1 Å².